The fraction of sp³-hybridized carbons (Fsp3) is 0.130. The topological polar surface area (TPSA) is 102 Å². The van der Waals surface area contributed by atoms with Crippen LogP contribution in [-0.4, -0.2) is 33.3 Å². The van der Waals surface area contributed by atoms with Gasteiger partial charge in [-0.05, 0) is 43.3 Å². The number of amides is 1. The van der Waals surface area contributed by atoms with Crippen molar-refractivity contribution < 1.29 is 27.1 Å². The normalized spacial score (nSPS) is 12.1. The van der Waals surface area contributed by atoms with Crippen molar-refractivity contribution in [3.8, 4) is 5.75 Å². The van der Waals surface area contributed by atoms with Gasteiger partial charge in [-0.15, -0.1) is 0 Å². The predicted octanol–water partition coefficient (Wildman–Crippen LogP) is 4.02. The molecular weight excluding hydrogens is 471 g/mol. The molecule has 3 aromatic rings. The molecule has 0 aliphatic carbocycles. The third kappa shape index (κ3) is 5.75. The van der Waals surface area contributed by atoms with Gasteiger partial charge in [0.25, 0.3) is 0 Å². The zero-order valence-electron chi connectivity index (χ0n) is 17.6. The molecule has 0 saturated carbocycles. The third-order valence-corrected chi connectivity index (χ3v) is 6.46. The highest BCUT2D eigenvalue weighted by Gasteiger charge is 2.26. The first kappa shape index (κ1) is 24.4. The highest BCUT2D eigenvalue weighted by Crippen LogP contribution is 2.26. The van der Waals surface area contributed by atoms with E-state index in [9.17, 15) is 22.4 Å². The molecule has 1 amide bonds. The smallest absolute Gasteiger partial charge is 0.245 e. The van der Waals surface area contributed by atoms with Gasteiger partial charge in [-0.2, -0.15) is 4.72 Å². The lowest BCUT2D eigenvalue weighted by Gasteiger charge is -2.17. The number of benzene rings is 3. The number of ketones is 1. The van der Waals surface area contributed by atoms with Crippen LogP contribution in [0.5, 0.6) is 5.75 Å². The molecule has 0 aliphatic heterocycles. The minimum Gasteiger partial charge on any atom is -0.495 e. The first-order valence-corrected chi connectivity index (χ1v) is 11.5. The summed E-state index contributed by atoms with van der Waals surface area (Å²) in [7, 11) is -3.06. The maximum Gasteiger partial charge on any atom is 0.245 e. The highest BCUT2D eigenvalue weighted by molar-refractivity contribution is 7.89. The predicted molar refractivity (Wildman–Crippen MR) is 123 cm³/mol. The molecule has 10 heteroatoms. The summed E-state index contributed by atoms with van der Waals surface area (Å²) in [6, 6.07) is 14.5. The fourth-order valence-corrected chi connectivity index (χ4v) is 4.57. The molecule has 2 N–H and O–H groups in total. The van der Waals surface area contributed by atoms with Crippen molar-refractivity contribution in [1.29, 1.82) is 0 Å². The third-order valence-electron chi connectivity index (χ3n) is 4.66. The Balaban J connectivity index is 1.83. The summed E-state index contributed by atoms with van der Waals surface area (Å²) in [4.78, 5) is 25.2. The Bertz CT molecular complexity index is 1300. The monoisotopic (exact) mass is 490 g/mol. The molecule has 7 nitrogen and oxygen atoms in total. The second kappa shape index (κ2) is 10.1. The van der Waals surface area contributed by atoms with Gasteiger partial charge < -0.3 is 10.1 Å². The van der Waals surface area contributed by atoms with E-state index in [1.54, 1.807) is 30.3 Å². The highest BCUT2D eigenvalue weighted by atomic mass is 35.5. The number of carbonyl (C=O) groups excluding carboxylic acids is 2. The van der Waals surface area contributed by atoms with Crippen molar-refractivity contribution in [1.82, 2.24) is 4.72 Å². The molecule has 0 fully saturated rings. The van der Waals surface area contributed by atoms with Crippen LogP contribution in [0.1, 0.15) is 22.8 Å². The summed E-state index contributed by atoms with van der Waals surface area (Å²) in [6.07, 6.45) is 0. The lowest BCUT2D eigenvalue weighted by Crippen LogP contribution is -2.41. The van der Waals surface area contributed by atoms with Gasteiger partial charge in [0.15, 0.2) is 5.78 Å². The first-order valence-electron chi connectivity index (χ1n) is 9.68. The average molecular weight is 491 g/mol. The van der Waals surface area contributed by atoms with E-state index in [-0.39, 0.29) is 22.8 Å². The summed E-state index contributed by atoms with van der Waals surface area (Å²) in [5, 5.41) is 2.84. The number of anilines is 1. The Morgan fingerprint density at radius 1 is 1.03 bits per heavy atom. The molecule has 0 heterocycles. The molecule has 172 valence electrons. The molecule has 0 spiro atoms. The van der Waals surface area contributed by atoms with E-state index < -0.39 is 32.7 Å². The lowest BCUT2D eigenvalue weighted by molar-refractivity contribution is -0.117. The second-order valence-electron chi connectivity index (χ2n) is 7.01. The zero-order valence-corrected chi connectivity index (χ0v) is 19.2. The number of nitrogens with one attached hydrogen (secondary N) is 2. The summed E-state index contributed by atoms with van der Waals surface area (Å²) in [5.74, 6) is -1.96. The van der Waals surface area contributed by atoms with Crippen LogP contribution in [0, 0.1) is 5.82 Å². The Hall–Kier alpha value is -3.27. The van der Waals surface area contributed by atoms with Crippen LogP contribution >= 0.6 is 11.6 Å². The van der Waals surface area contributed by atoms with Crippen LogP contribution in [0.25, 0.3) is 0 Å². The molecule has 0 saturated heterocycles. The molecular formula is C23H20ClFN2O5S. The summed E-state index contributed by atoms with van der Waals surface area (Å²) in [6.45, 7) is 1.31. The Kier molecular flexibility index (Phi) is 7.47. The van der Waals surface area contributed by atoms with Crippen molar-refractivity contribution in [2.45, 2.75) is 17.9 Å². The quantitative estimate of drug-likeness (QED) is 0.464. The molecule has 0 bridgehead atoms. The van der Waals surface area contributed by atoms with Crippen LogP contribution in [0.4, 0.5) is 10.1 Å². The van der Waals surface area contributed by atoms with Gasteiger partial charge in [-0.25, -0.2) is 12.8 Å². The number of carbonyl (C=O) groups is 2. The van der Waals surface area contributed by atoms with Gasteiger partial charge in [0.2, 0.25) is 15.9 Å². The van der Waals surface area contributed by atoms with Gasteiger partial charge >= 0.3 is 0 Å². The Labute approximate surface area is 195 Å². The Morgan fingerprint density at radius 2 is 1.73 bits per heavy atom. The molecule has 3 rings (SSSR count). The van der Waals surface area contributed by atoms with Crippen LogP contribution in [0.2, 0.25) is 5.02 Å². The molecule has 1 atom stereocenters. The summed E-state index contributed by atoms with van der Waals surface area (Å²) < 4.78 is 46.2. The fourth-order valence-electron chi connectivity index (χ4n) is 3.01. The van der Waals surface area contributed by atoms with Crippen molar-refractivity contribution in [2.24, 2.45) is 0 Å². The van der Waals surface area contributed by atoms with Crippen molar-refractivity contribution in [3.63, 3.8) is 0 Å². The largest absolute Gasteiger partial charge is 0.495 e. The molecule has 0 radical (unpaired) electrons. The molecule has 0 aliphatic rings. The molecule has 33 heavy (non-hydrogen) atoms. The van der Waals surface area contributed by atoms with E-state index in [1.165, 1.54) is 38.3 Å². The number of rotatable bonds is 8. The molecule has 3 aromatic carbocycles. The average Bonchev–Trinajstić information content (AvgIpc) is 2.80. The zero-order chi connectivity index (χ0) is 24.2. The standard InChI is InChI=1S/C23H20ClFN2O5S/c1-14(27-33(30,31)21-13-17(25)9-11-20(21)32-2)23(29)26-19-10-8-16(24)12-18(19)22(28)15-6-4-3-5-7-15/h3-14,27H,1-2H3,(H,26,29). The van der Waals surface area contributed by atoms with Crippen LogP contribution < -0.4 is 14.8 Å². The van der Waals surface area contributed by atoms with Gasteiger partial charge in [-0.3, -0.25) is 9.59 Å². The van der Waals surface area contributed by atoms with E-state index in [2.05, 4.69) is 10.0 Å². The van der Waals surface area contributed by atoms with E-state index >= 15 is 0 Å². The van der Waals surface area contributed by atoms with Crippen LogP contribution in [-0.2, 0) is 14.8 Å². The van der Waals surface area contributed by atoms with E-state index in [0.29, 0.717) is 10.6 Å². The Morgan fingerprint density at radius 3 is 2.39 bits per heavy atom. The van der Waals surface area contributed by atoms with Gasteiger partial charge in [0.05, 0.1) is 18.8 Å². The van der Waals surface area contributed by atoms with E-state index in [0.717, 1.165) is 12.1 Å². The minimum atomic E-state index is -4.30. The molecule has 1 unspecified atom stereocenters. The van der Waals surface area contributed by atoms with Gasteiger partial charge in [0, 0.05) is 16.1 Å². The SMILES string of the molecule is COc1ccc(F)cc1S(=O)(=O)NC(C)C(=O)Nc1ccc(Cl)cc1C(=O)c1ccccc1. The minimum absolute atomic E-state index is 0.0787. The first-order chi connectivity index (χ1) is 15.6. The van der Waals surface area contributed by atoms with Gasteiger partial charge in [0.1, 0.15) is 16.5 Å². The summed E-state index contributed by atoms with van der Waals surface area (Å²) >= 11 is 6.04. The van der Waals surface area contributed by atoms with Crippen LogP contribution in [0.15, 0.2) is 71.6 Å². The van der Waals surface area contributed by atoms with Gasteiger partial charge in [-0.1, -0.05) is 41.9 Å². The number of hydrogen-bond acceptors (Lipinski definition) is 5. The van der Waals surface area contributed by atoms with E-state index in [4.69, 9.17) is 16.3 Å². The molecule has 0 aromatic heterocycles. The number of halogens is 2. The maximum atomic E-state index is 13.6. The van der Waals surface area contributed by atoms with Crippen molar-refractivity contribution in [3.05, 3.63) is 88.7 Å². The maximum absolute atomic E-state index is 13.6. The van der Waals surface area contributed by atoms with Crippen LogP contribution in [0.3, 0.4) is 0 Å². The summed E-state index contributed by atoms with van der Waals surface area (Å²) in [5.41, 5.74) is 0.693. The number of ether oxygens (including phenoxy) is 1. The second-order valence-corrected chi connectivity index (χ2v) is 9.13. The number of methoxy groups -OCH3 is 1. The lowest BCUT2D eigenvalue weighted by atomic mass is 10.0. The number of hydrogen-bond donors (Lipinski definition) is 2. The van der Waals surface area contributed by atoms with E-state index in [1.807, 2.05) is 0 Å². The number of sulfonamides is 1. The van der Waals surface area contributed by atoms with Crippen molar-refractivity contribution in [2.75, 3.05) is 12.4 Å². The van der Waals surface area contributed by atoms with Crippen molar-refractivity contribution >= 4 is 39.0 Å².